The Balaban J connectivity index is 1.35. The zero-order valence-electron chi connectivity index (χ0n) is 20.9. The fraction of sp³-hybridized carbons (Fsp3) is 0.296. The van der Waals surface area contributed by atoms with Crippen LogP contribution in [0.3, 0.4) is 0 Å². The van der Waals surface area contributed by atoms with Crippen molar-refractivity contribution in [2.75, 3.05) is 13.2 Å². The van der Waals surface area contributed by atoms with Crippen LogP contribution in [0.2, 0.25) is 0 Å². The minimum Gasteiger partial charge on any atom is -0.382 e. The number of hydrogen-bond acceptors (Lipinski definition) is 7. The Morgan fingerprint density at radius 1 is 1.21 bits per heavy atom. The SMILES string of the molecule is C[C@H](SC1COC(/C=C/C=C/c2ccc(C(N)=O)cc2F)OC1)[C@](O)(Cn1cncn1)c1ccc(F)cc1F. The number of aliphatic hydroxyl groups is 1. The molecule has 0 unspecified atom stereocenters. The van der Waals surface area contributed by atoms with Crippen LogP contribution in [-0.4, -0.2) is 55.8 Å². The number of primary amides is 1. The molecule has 0 saturated carbocycles. The topological polar surface area (TPSA) is 112 Å². The van der Waals surface area contributed by atoms with E-state index in [2.05, 4.69) is 10.1 Å². The number of carbonyl (C=O) groups is 1. The summed E-state index contributed by atoms with van der Waals surface area (Å²) in [4.78, 5) is 15.0. The Morgan fingerprint density at radius 3 is 2.62 bits per heavy atom. The van der Waals surface area contributed by atoms with E-state index in [1.54, 1.807) is 25.2 Å². The zero-order chi connectivity index (χ0) is 28.0. The summed E-state index contributed by atoms with van der Waals surface area (Å²) >= 11 is 1.35. The zero-order valence-corrected chi connectivity index (χ0v) is 21.7. The maximum absolute atomic E-state index is 14.7. The number of nitrogens with zero attached hydrogens (tertiary/aromatic N) is 3. The predicted octanol–water partition coefficient (Wildman–Crippen LogP) is 3.81. The number of hydrogen-bond donors (Lipinski definition) is 2. The maximum Gasteiger partial charge on any atom is 0.248 e. The van der Waals surface area contributed by atoms with Crippen molar-refractivity contribution in [3.05, 3.63) is 101 Å². The summed E-state index contributed by atoms with van der Waals surface area (Å²) in [7, 11) is 0. The van der Waals surface area contributed by atoms with Gasteiger partial charge < -0.3 is 20.3 Å². The number of allylic oxidation sites excluding steroid dienone is 2. The lowest BCUT2D eigenvalue weighted by Crippen LogP contribution is -2.43. The third-order valence-corrected chi connectivity index (χ3v) is 7.62. The lowest BCUT2D eigenvalue weighted by Gasteiger charge is -2.37. The first-order valence-electron chi connectivity index (χ1n) is 12.0. The Kier molecular flexibility index (Phi) is 9.23. The number of thioether (sulfide) groups is 1. The molecule has 2 atom stereocenters. The Labute approximate surface area is 227 Å². The van der Waals surface area contributed by atoms with E-state index in [0.717, 1.165) is 18.2 Å². The second kappa shape index (κ2) is 12.6. The van der Waals surface area contributed by atoms with Crippen LogP contribution in [0.25, 0.3) is 6.08 Å². The van der Waals surface area contributed by atoms with Gasteiger partial charge in [0.05, 0.1) is 25.0 Å². The van der Waals surface area contributed by atoms with Crippen LogP contribution in [0.5, 0.6) is 0 Å². The molecule has 0 bridgehead atoms. The van der Waals surface area contributed by atoms with Gasteiger partial charge in [-0.05, 0) is 24.3 Å². The highest BCUT2D eigenvalue weighted by Gasteiger charge is 2.41. The van der Waals surface area contributed by atoms with Crippen LogP contribution in [0.1, 0.15) is 28.4 Å². The molecular weight excluding hydrogens is 533 g/mol. The number of carbonyl (C=O) groups excluding carboxylic acids is 1. The fourth-order valence-corrected chi connectivity index (χ4v) is 5.37. The Bertz CT molecular complexity index is 1350. The Hall–Kier alpha value is -3.45. The monoisotopic (exact) mass is 560 g/mol. The highest BCUT2D eigenvalue weighted by atomic mass is 32.2. The smallest absolute Gasteiger partial charge is 0.248 e. The number of ether oxygens (including phenoxy) is 2. The normalized spacial score (nSPS) is 20.3. The van der Waals surface area contributed by atoms with E-state index in [-0.39, 0.29) is 28.5 Å². The van der Waals surface area contributed by atoms with Crippen LogP contribution in [0.4, 0.5) is 13.2 Å². The minimum atomic E-state index is -1.73. The van der Waals surface area contributed by atoms with Gasteiger partial charge in [0.25, 0.3) is 0 Å². The van der Waals surface area contributed by atoms with E-state index in [4.69, 9.17) is 15.2 Å². The third-order valence-electron chi connectivity index (χ3n) is 6.17. The molecule has 1 aromatic heterocycles. The first kappa shape index (κ1) is 28.6. The van der Waals surface area contributed by atoms with Crippen molar-refractivity contribution in [2.24, 2.45) is 5.73 Å². The van der Waals surface area contributed by atoms with E-state index in [0.29, 0.717) is 13.2 Å². The summed E-state index contributed by atoms with van der Waals surface area (Å²) in [6.07, 6.45) is 8.53. The molecule has 1 amide bonds. The van der Waals surface area contributed by atoms with Gasteiger partial charge in [0.1, 0.15) is 35.7 Å². The van der Waals surface area contributed by atoms with E-state index >= 15 is 0 Å². The largest absolute Gasteiger partial charge is 0.382 e. The van der Waals surface area contributed by atoms with Crippen LogP contribution in [0, 0.1) is 17.5 Å². The van der Waals surface area contributed by atoms with Crippen molar-refractivity contribution < 1.29 is 32.5 Å². The molecular formula is C27H27F3N4O4S. The first-order valence-corrected chi connectivity index (χ1v) is 12.9. The number of rotatable bonds is 10. The molecule has 2 aromatic carbocycles. The first-order chi connectivity index (χ1) is 18.7. The molecule has 39 heavy (non-hydrogen) atoms. The van der Waals surface area contributed by atoms with Gasteiger partial charge in [-0.25, -0.2) is 22.8 Å². The predicted molar refractivity (Wildman–Crippen MR) is 140 cm³/mol. The number of benzene rings is 2. The van der Waals surface area contributed by atoms with Crippen LogP contribution in [0.15, 0.2) is 67.3 Å². The molecule has 4 rings (SSSR count). The molecule has 206 valence electrons. The molecule has 1 saturated heterocycles. The van der Waals surface area contributed by atoms with E-state index in [1.165, 1.54) is 53.4 Å². The minimum absolute atomic E-state index is 0.0506. The van der Waals surface area contributed by atoms with Crippen molar-refractivity contribution in [2.45, 2.75) is 35.9 Å². The molecule has 1 fully saturated rings. The summed E-state index contributed by atoms with van der Waals surface area (Å²) in [6.45, 7) is 2.24. The van der Waals surface area contributed by atoms with Crippen molar-refractivity contribution >= 4 is 23.7 Å². The summed E-state index contributed by atoms with van der Waals surface area (Å²) in [5.41, 5.74) is 3.74. The molecule has 0 spiro atoms. The van der Waals surface area contributed by atoms with Gasteiger partial charge in [-0.1, -0.05) is 37.3 Å². The number of aromatic nitrogens is 3. The highest BCUT2D eigenvalue weighted by Crippen LogP contribution is 2.38. The summed E-state index contributed by atoms with van der Waals surface area (Å²) in [6, 6.07) is 7.05. The quantitative estimate of drug-likeness (QED) is 0.363. The molecule has 3 aromatic rings. The summed E-state index contributed by atoms with van der Waals surface area (Å²) in [5.74, 6) is -2.87. The van der Waals surface area contributed by atoms with Crippen LogP contribution in [-0.2, 0) is 21.6 Å². The average Bonchev–Trinajstić information content (AvgIpc) is 3.40. The lowest BCUT2D eigenvalue weighted by atomic mass is 9.90. The number of halogens is 3. The van der Waals surface area contributed by atoms with Gasteiger partial charge >= 0.3 is 0 Å². The lowest BCUT2D eigenvalue weighted by molar-refractivity contribution is -0.146. The third kappa shape index (κ3) is 7.15. The van der Waals surface area contributed by atoms with Crippen molar-refractivity contribution in [1.82, 2.24) is 14.8 Å². The van der Waals surface area contributed by atoms with Gasteiger partial charge in [0.15, 0.2) is 6.29 Å². The fourth-order valence-electron chi connectivity index (χ4n) is 4.06. The van der Waals surface area contributed by atoms with Crippen molar-refractivity contribution in [1.29, 1.82) is 0 Å². The molecule has 0 radical (unpaired) electrons. The number of nitrogens with two attached hydrogens (primary N) is 1. The molecule has 2 heterocycles. The van der Waals surface area contributed by atoms with E-state index < -0.39 is 40.5 Å². The summed E-state index contributed by atoms with van der Waals surface area (Å²) < 4.78 is 55.3. The van der Waals surface area contributed by atoms with Crippen LogP contribution < -0.4 is 5.73 Å². The standard InChI is InChI=1S/C27H27F3N4O4S/c1-17(27(36,14-34-16-32-15-33-34)22-9-8-20(28)11-24(22)30)39-21-12-37-25(38-13-21)5-3-2-4-18-6-7-19(26(31)35)10-23(18)29/h2-11,15-17,21,25,36H,12-14H2,1H3,(H2,31,35)/b4-2+,5-3+/t17-,21?,25?,27+/m0/s1. The second-order valence-electron chi connectivity index (χ2n) is 8.92. The second-order valence-corrected chi connectivity index (χ2v) is 10.6. The van der Waals surface area contributed by atoms with Crippen molar-refractivity contribution in [3.8, 4) is 0 Å². The van der Waals surface area contributed by atoms with E-state index in [1.807, 2.05) is 0 Å². The Morgan fingerprint density at radius 2 is 1.97 bits per heavy atom. The van der Waals surface area contributed by atoms with Crippen LogP contribution >= 0.6 is 11.8 Å². The van der Waals surface area contributed by atoms with E-state index in [9.17, 15) is 23.1 Å². The maximum atomic E-state index is 14.7. The summed E-state index contributed by atoms with van der Waals surface area (Å²) in [5, 5.41) is 14.9. The highest BCUT2D eigenvalue weighted by molar-refractivity contribution is 8.00. The molecule has 1 aliphatic heterocycles. The molecule has 1 aliphatic rings. The van der Waals surface area contributed by atoms with Gasteiger partial charge in [-0.3, -0.25) is 4.79 Å². The van der Waals surface area contributed by atoms with Gasteiger partial charge in [-0.2, -0.15) is 5.10 Å². The van der Waals surface area contributed by atoms with Crippen molar-refractivity contribution in [3.63, 3.8) is 0 Å². The molecule has 0 aliphatic carbocycles. The number of amides is 1. The van der Waals surface area contributed by atoms with Gasteiger partial charge in [0.2, 0.25) is 5.91 Å². The average molecular weight is 561 g/mol. The molecule has 12 heteroatoms. The van der Waals surface area contributed by atoms with Gasteiger partial charge in [-0.15, -0.1) is 11.8 Å². The van der Waals surface area contributed by atoms with Gasteiger partial charge in [0, 0.05) is 28.0 Å². The molecule has 3 N–H and O–H groups in total. The molecule has 8 nitrogen and oxygen atoms in total.